The molecule has 1 aromatic rings. The average Bonchev–Trinajstić information content (AvgIpc) is 2.51. The zero-order valence-corrected chi connectivity index (χ0v) is 12.0. The van der Waals surface area contributed by atoms with E-state index in [1.165, 1.54) is 7.11 Å². The van der Waals surface area contributed by atoms with Gasteiger partial charge in [0, 0.05) is 13.0 Å². The minimum absolute atomic E-state index is 0.292. The van der Waals surface area contributed by atoms with Gasteiger partial charge in [-0.05, 0) is 25.0 Å². The largest absolute Gasteiger partial charge is 0.469 e. The maximum atomic E-state index is 13.3. The molecule has 0 unspecified atom stereocenters. The number of carbonyl (C=O) groups is 2. The molecule has 0 saturated carbocycles. The van der Waals surface area contributed by atoms with Crippen LogP contribution in [0, 0.1) is 17.5 Å². The molecule has 0 heterocycles. The van der Waals surface area contributed by atoms with E-state index in [9.17, 15) is 22.8 Å². The van der Waals surface area contributed by atoms with Gasteiger partial charge in [-0.2, -0.15) is 0 Å². The molecule has 2 amide bonds. The van der Waals surface area contributed by atoms with Crippen LogP contribution in [0.3, 0.4) is 0 Å². The van der Waals surface area contributed by atoms with Gasteiger partial charge in [0.2, 0.25) is 0 Å². The first-order valence-corrected chi connectivity index (χ1v) is 6.71. The highest BCUT2D eigenvalue weighted by Gasteiger charge is 2.14. The van der Waals surface area contributed by atoms with Gasteiger partial charge >= 0.3 is 12.0 Å². The number of ether oxygens (including phenoxy) is 1. The van der Waals surface area contributed by atoms with Crippen molar-refractivity contribution < 1.29 is 27.5 Å². The van der Waals surface area contributed by atoms with Gasteiger partial charge in [0.25, 0.3) is 0 Å². The Labute approximate surface area is 125 Å². The zero-order valence-electron chi connectivity index (χ0n) is 12.0. The van der Waals surface area contributed by atoms with E-state index in [-0.39, 0.29) is 5.97 Å². The van der Waals surface area contributed by atoms with E-state index < -0.39 is 29.2 Å². The molecule has 5 nitrogen and oxygen atoms in total. The number of nitrogens with one attached hydrogen (secondary N) is 2. The topological polar surface area (TPSA) is 67.4 Å². The lowest BCUT2D eigenvalue weighted by Crippen LogP contribution is -2.30. The van der Waals surface area contributed by atoms with E-state index in [2.05, 4.69) is 15.4 Å². The second-order valence-corrected chi connectivity index (χ2v) is 4.49. The van der Waals surface area contributed by atoms with E-state index >= 15 is 0 Å². The Hall–Kier alpha value is -2.25. The summed E-state index contributed by atoms with van der Waals surface area (Å²) in [6.07, 6.45) is 2.26. The molecule has 0 fully saturated rings. The quantitative estimate of drug-likeness (QED) is 0.461. The average molecular weight is 318 g/mol. The maximum Gasteiger partial charge on any atom is 0.319 e. The highest BCUT2D eigenvalue weighted by atomic mass is 19.2. The molecule has 122 valence electrons. The van der Waals surface area contributed by atoms with Crippen molar-refractivity contribution in [1.82, 2.24) is 5.32 Å². The van der Waals surface area contributed by atoms with Crippen LogP contribution in [0.15, 0.2) is 12.1 Å². The van der Waals surface area contributed by atoms with Gasteiger partial charge < -0.3 is 15.4 Å². The number of rotatable bonds is 7. The van der Waals surface area contributed by atoms with Gasteiger partial charge in [-0.1, -0.05) is 6.42 Å². The molecule has 0 aromatic heterocycles. The fourth-order valence-electron chi connectivity index (χ4n) is 1.66. The van der Waals surface area contributed by atoms with Gasteiger partial charge in [-0.25, -0.2) is 18.0 Å². The Morgan fingerprint density at radius 2 is 1.82 bits per heavy atom. The van der Waals surface area contributed by atoms with Crippen LogP contribution >= 0.6 is 0 Å². The summed E-state index contributed by atoms with van der Waals surface area (Å²) in [5, 5.41) is 4.54. The van der Waals surface area contributed by atoms with Gasteiger partial charge in [-0.3, -0.25) is 4.79 Å². The second-order valence-electron chi connectivity index (χ2n) is 4.49. The van der Waals surface area contributed by atoms with Crippen molar-refractivity contribution in [2.24, 2.45) is 0 Å². The molecule has 0 bridgehead atoms. The Balaban J connectivity index is 2.27. The van der Waals surface area contributed by atoms with Crippen molar-refractivity contribution in [3.8, 4) is 0 Å². The van der Waals surface area contributed by atoms with Crippen molar-refractivity contribution in [2.75, 3.05) is 19.0 Å². The molecular weight excluding hydrogens is 301 g/mol. The normalized spacial score (nSPS) is 10.2. The number of anilines is 1. The van der Waals surface area contributed by atoms with Crippen molar-refractivity contribution in [3.63, 3.8) is 0 Å². The smallest absolute Gasteiger partial charge is 0.319 e. The van der Waals surface area contributed by atoms with Crippen LogP contribution < -0.4 is 10.6 Å². The van der Waals surface area contributed by atoms with E-state index in [1.54, 1.807) is 0 Å². The second kappa shape index (κ2) is 8.91. The molecule has 0 aliphatic carbocycles. The summed E-state index contributed by atoms with van der Waals surface area (Å²) in [7, 11) is 1.31. The summed E-state index contributed by atoms with van der Waals surface area (Å²) in [5.74, 6) is -4.71. The summed E-state index contributed by atoms with van der Waals surface area (Å²) in [6, 6.07) is 0.933. The number of halogens is 3. The van der Waals surface area contributed by atoms with E-state index in [0.29, 0.717) is 32.2 Å². The molecule has 0 spiro atoms. The summed E-state index contributed by atoms with van der Waals surface area (Å²) >= 11 is 0. The third-order valence-corrected chi connectivity index (χ3v) is 2.85. The minimum Gasteiger partial charge on any atom is -0.469 e. The van der Waals surface area contributed by atoms with Crippen molar-refractivity contribution >= 4 is 17.7 Å². The van der Waals surface area contributed by atoms with E-state index in [1.807, 2.05) is 0 Å². The van der Waals surface area contributed by atoms with Crippen molar-refractivity contribution in [1.29, 1.82) is 0 Å². The lowest BCUT2D eigenvalue weighted by molar-refractivity contribution is -0.140. The van der Waals surface area contributed by atoms with Crippen LogP contribution in [0.2, 0.25) is 0 Å². The number of hydrogen-bond acceptors (Lipinski definition) is 3. The number of unbranched alkanes of at least 4 members (excludes halogenated alkanes) is 2. The number of hydrogen-bond donors (Lipinski definition) is 2. The van der Waals surface area contributed by atoms with Crippen molar-refractivity contribution in [3.05, 3.63) is 29.6 Å². The Morgan fingerprint density at radius 3 is 2.50 bits per heavy atom. The Morgan fingerprint density at radius 1 is 1.09 bits per heavy atom. The lowest BCUT2D eigenvalue weighted by atomic mass is 10.2. The first-order valence-electron chi connectivity index (χ1n) is 6.71. The maximum absolute atomic E-state index is 13.3. The van der Waals surface area contributed by atoms with Crippen LogP contribution in [0.5, 0.6) is 0 Å². The van der Waals surface area contributed by atoms with Gasteiger partial charge in [0.1, 0.15) is 0 Å². The lowest BCUT2D eigenvalue weighted by Gasteiger charge is -2.09. The number of amides is 2. The highest BCUT2D eigenvalue weighted by molar-refractivity contribution is 5.89. The van der Waals surface area contributed by atoms with Crippen LogP contribution in [0.1, 0.15) is 25.7 Å². The first-order chi connectivity index (χ1) is 10.5. The molecular formula is C14H17F3N2O3. The summed E-state index contributed by atoms with van der Waals surface area (Å²) in [6.45, 7) is 0.304. The molecule has 1 aromatic carbocycles. The predicted molar refractivity (Wildman–Crippen MR) is 73.8 cm³/mol. The molecule has 8 heteroatoms. The third-order valence-electron chi connectivity index (χ3n) is 2.85. The summed E-state index contributed by atoms with van der Waals surface area (Å²) < 4.78 is 43.5. The van der Waals surface area contributed by atoms with Gasteiger partial charge in [-0.15, -0.1) is 0 Å². The number of esters is 1. The molecule has 2 N–H and O–H groups in total. The fourth-order valence-corrected chi connectivity index (χ4v) is 1.66. The molecule has 0 saturated heterocycles. The van der Waals surface area contributed by atoms with Crippen LogP contribution in [0.25, 0.3) is 0 Å². The molecule has 0 aliphatic heterocycles. The van der Waals surface area contributed by atoms with Crippen LogP contribution in [-0.2, 0) is 9.53 Å². The third kappa shape index (κ3) is 5.63. The summed E-state index contributed by atoms with van der Waals surface area (Å²) in [5.41, 5.74) is -0.443. The first kappa shape index (κ1) is 17.8. The zero-order chi connectivity index (χ0) is 16.5. The number of methoxy groups -OCH3 is 1. The minimum atomic E-state index is -1.64. The summed E-state index contributed by atoms with van der Waals surface area (Å²) in [4.78, 5) is 22.3. The molecule has 0 aliphatic rings. The van der Waals surface area contributed by atoms with Crippen LogP contribution in [0.4, 0.5) is 23.7 Å². The SMILES string of the molecule is COC(=O)CCCCCNC(=O)Nc1ccc(F)c(F)c1F. The van der Waals surface area contributed by atoms with Gasteiger partial charge in [0.05, 0.1) is 12.8 Å². The Bertz CT molecular complexity index is 538. The van der Waals surface area contributed by atoms with Crippen molar-refractivity contribution in [2.45, 2.75) is 25.7 Å². The van der Waals surface area contributed by atoms with Gasteiger partial charge in [0.15, 0.2) is 17.5 Å². The van der Waals surface area contributed by atoms with E-state index in [4.69, 9.17) is 0 Å². The highest BCUT2D eigenvalue weighted by Crippen LogP contribution is 2.19. The molecule has 0 radical (unpaired) electrons. The molecule has 1 rings (SSSR count). The van der Waals surface area contributed by atoms with E-state index in [0.717, 1.165) is 12.1 Å². The number of carbonyl (C=O) groups excluding carboxylic acids is 2. The number of urea groups is 1. The van der Waals surface area contributed by atoms with Crippen LogP contribution in [-0.4, -0.2) is 25.7 Å². The molecule has 0 atom stereocenters. The monoisotopic (exact) mass is 318 g/mol. The fraction of sp³-hybridized carbons (Fsp3) is 0.429. The Kier molecular flexibility index (Phi) is 7.21. The standard InChI is InChI=1S/C14H17F3N2O3/c1-22-11(20)5-3-2-4-8-18-14(21)19-10-7-6-9(15)12(16)13(10)17/h6-7H,2-5,8H2,1H3,(H2,18,19,21). The molecule has 22 heavy (non-hydrogen) atoms. The number of benzene rings is 1. The predicted octanol–water partition coefficient (Wildman–Crippen LogP) is 2.96.